The van der Waals surface area contributed by atoms with Gasteiger partial charge in [0, 0.05) is 25.9 Å². The monoisotopic (exact) mass is 239 g/mol. The van der Waals surface area contributed by atoms with Crippen LogP contribution < -0.4 is 5.32 Å². The second kappa shape index (κ2) is 4.44. The third kappa shape index (κ3) is 2.02. The molecular weight excluding hydrogens is 226 g/mol. The number of hydrogen-bond acceptors (Lipinski definition) is 4. The highest BCUT2D eigenvalue weighted by Gasteiger charge is 2.05. The minimum absolute atomic E-state index is 0.742. The quantitative estimate of drug-likeness (QED) is 0.733. The van der Waals surface area contributed by atoms with Gasteiger partial charge in [0.25, 0.3) is 0 Å². The Hall–Kier alpha value is -2.43. The van der Waals surface area contributed by atoms with Gasteiger partial charge in [-0.05, 0) is 29.8 Å². The Balaban J connectivity index is 1.94. The molecular formula is C13H13N5. The molecule has 3 rings (SSSR count). The molecule has 3 heterocycles. The molecule has 0 unspecified atom stereocenters. The second-order valence-electron chi connectivity index (χ2n) is 4.03. The van der Waals surface area contributed by atoms with Crippen LogP contribution in [-0.4, -0.2) is 27.0 Å². The van der Waals surface area contributed by atoms with Crippen LogP contribution in [0.25, 0.3) is 11.2 Å². The number of aromatic amines is 1. The lowest BCUT2D eigenvalue weighted by molar-refractivity contribution is 1.03. The number of rotatable bonds is 3. The van der Waals surface area contributed by atoms with Crippen LogP contribution in [-0.2, 0) is 6.42 Å². The largest absolute Gasteiger partial charge is 0.373 e. The predicted molar refractivity (Wildman–Crippen MR) is 70.5 cm³/mol. The summed E-state index contributed by atoms with van der Waals surface area (Å²) in [6.45, 7) is 0. The van der Waals surface area contributed by atoms with Crippen LogP contribution in [0.5, 0.6) is 0 Å². The third-order valence-electron chi connectivity index (χ3n) is 2.77. The van der Waals surface area contributed by atoms with Crippen molar-refractivity contribution in [2.24, 2.45) is 0 Å². The number of fused-ring (bicyclic) bond motifs is 1. The van der Waals surface area contributed by atoms with E-state index in [1.54, 1.807) is 12.4 Å². The van der Waals surface area contributed by atoms with Gasteiger partial charge in [-0.3, -0.25) is 4.98 Å². The van der Waals surface area contributed by atoms with Crippen molar-refractivity contribution >= 4 is 17.0 Å². The van der Waals surface area contributed by atoms with Crippen LogP contribution in [0.15, 0.2) is 36.7 Å². The van der Waals surface area contributed by atoms with Crippen LogP contribution in [0.1, 0.15) is 11.4 Å². The van der Waals surface area contributed by atoms with Gasteiger partial charge in [0.05, 0.1) is 5.52 Å². The molecule has 3 aromatic rings. The number of nitrogens with zero attached hydrogens (tertiary/aromatic N) is 3. The molecule has 0 aromatic carbocycles. The number of imidazole rings is 1. The van der Waals surface area contributed by atoms with Gasteiger partial charge in [-0.1, -0.05) is 0 Å². The zero-order valence-corrected chi connectivity index (χ0v) is 10.0. The van der Waals surface area contributed by atoms with Gasteiger partial charge in [-0.2, -0.15) is 0 Å². The number of hydrogen-bond donors (Lipinski definition) is 2. The highest BCUT2D eigenvalue weighted by atomic mass is 15.0. The lowest BCUT2D eigenvalue weighted by atomic mass is 10.2. The van der Waals surface area contributed by atoms with Crippen molar-refractivity contribution in [2.45, 2.75) is 6.42 Å². The Morgan fingerprint density at radius 3 is 2.72 bits per heavy atom. The molecule has 0 saturated carbocycles. The van der Waals surface area contributed by atoms with Crippen LogP contribution >= 0.6 is 0 Å². The highest BCUT2D eigenvalue weighted by Crippen LogP contribution is 2.14. The molecule has 0 spiro atoms. The summed E-state index contributed by atoms with van der Waals surface area (Å²) in [6.07, 6.45) is 4.33. The van der Waals surface area contributed by atoms with Gasteiger partial charge >= 0.3 is 0 Å². The Bertz CT molecular complexity index is 659. The summed E-state index contributed by atoms with van der Waals surface area (Å²) < 4.78 is 0. The molecule has 5 heteroatoms. The predicted octanol–water partition coefficient (Wildman–Crippen LogP) is 1.99. The van der Waals surface area contributed by atoms with Gasteiger partial charge in [0.1, 0.15) is 11.6 Å². The second-order valence-corrected chi connectivity index (χ2v) is 4.03. The van der Waals surface area contributed by atoms with Crippen molar-refractivity contribution in [1.82, 2.24) is 19.9 Å². The molecule has 2 N–H and O–H groups in total. The van der Waals surface area contributed by atoms with Gasteiger partial charge < -0.3 is 10.3 Å². The Kier molecular flexibility index (Phi) is 2.64. The van der Waals surface area contributed by atoms with Crippen molar-refractivity contribution in [1.29, 1.82) is 0 Å². The van der Waals surface area contributed by atoms with E-state index >= 15 is 0 Å². The summed E-state index contributed by atoms with van der Waals surface area (Å²) in [7, 11) is 1.85. The maximum absolute atomic E-state index is 4.49. The van der Waals surface area contributed by atoms with Crippen molar-refractivity contribution in [3.63, 3.8) is 0 Å². The lowest BCUT2D eigenvalue weighted by Gasteiger charge is -1.95. The fourth-order valence-electron chi connectivity index (χ4n) is 1.86. The molecule has 0 amide bonds. The van der Waals surface area contributed by atoms with E-state index in [0.717, 1.165) is 29.2 Å². The van der Waals surface area contributed by atoms with Crippen molar-refractivity contribution in [3.8, 4) is 0 Å². The zero-order chi connectivity index (χ0) is 12.4. The summed E-state index contributed by atoms with van der Waals surface area (Å²) in [6, 6.07) is 7.88. The highest BCUT2D eigenvalue weighted by molar-refractivity contribution is 5.72. The molecule has 0 fully saturated rings. The van der Waals surface area contributed by atoms with Crippen LogP contribution in [0, 0.1) is 0 Å². The average molecular weight is 239 g/mol. The van der Waals surface area contributed by atoms with Crippen molar-refractivity contribution in [3.05, 3.63) is 48.0 Å². The molecule has 0 saturated heterocycles. The average Bonchev–Trinajstić information content (AvgIpc) is 2.80. The molecule has 3 aromatic heterocycles. The standard InChI is InChI=1S/C13H13N5/c1-14-11-3-2-10-13(17-11)18-12(16-10)8-9-4-6-15-7-5-9/h2-7H,8H2,1H3,(H2,14,16,17,18). The maximum Gasteiger partial charge on any atom is 0.179 e. The van der Waals surface area contributed by atoms with E-state index in [-0.39, 0.29) is 0 Å². The minimum atomic E-state index is 0.742. The minimum Gasteiger partial charge on any atom is -0.373 e. The van der Waals surface area contributed by atoms with Crippen LogP contribution in [0.4, 0.5) is 5.82 Å². The number of pyridine rings is 2. The zero-order valence-electron chi connectivity index (χ0n) is 10.0. The Morgan fingerprint density at radius 1 is 1.11 bits per heavy atom. The van der Waals surface area contributed by atoms with Gasteiger partial charge in [-0.15, -0.1) is 0 Å². The number of nitrogens with one attached hydrogen (secondary N) is 2. The van der Waals surface area contributed by atoms with Crippen molar-refractivity contribution < 1.29 is 0 Å². The molecule has 18 heavy (non-hydrogen) atoms. The first-order chi connectivity index (χ1) is 8.85. The Morgan fingerprint density at radius 2 is 1.94 bits per heavy atom. The maximum atomic E-state index is 4.49. The SMILES string of the molecule is CNc1ccc2[nH]c(Cc3ccncc3)nc2n1. The molecule has 90 valence electrons. The normalized spacial score (nSPS) is 10.7. The van der Waals surface area contributed by atoms with E-state index in [2.05, 4.69) is 25.3 Å². The van der Waals surface area contributed by atoms with Crippen LogP contribution in [0.3, 0.4) is 0 Å². The molecule has 0 radical (unpaired) electrons. The van der Waals surface area contributed by atoms with E-state index in [0.29, 0.717) is 0 Å². The number of aromatic nitrogens is 4. The first-order valence-electron chi connectivity index (χ1n) is 5.77. The third-order valence-corrected chi connectivity index (χ3v) is 2.77. The Labute approximate surface area is 104 Å². The summed E-state index contributed by atoms with van der Waals surface area (Å²) in [5.41, 5.74) is 2.88. The molecule has 0 aliphatic carbocycles. The van der Waals surface area contributed by atoms with Gasteiger partial charge in [-0.25, -0.2) is 9.97 Å². The van der Waals surface area contributed by atoms with E-state index in [4.69, 9.17) is 0 Å². The molecule has 0 aliphatic rings. The van der Waals surface area contributed by atoms with Crippen molar-refractivity contribution in [2.75, 3.05) is 12.4 Å². The molecule has 0 atom stereocenters. The molecule has 0 aliphatic heterocycles. The molecule has 0 bridgehead atoms. The summed E-state index contributed by atoms with van der Waals surface area (Å²) in [4.78, 5) is 16.2. The van der Waals surface area contributed by atoms with E-state index in [9.17, 15) is 0 Å². The van der Waals surface area contributed by atoms with Gasteiger partial charge in [0.15, 0.2) is 5.65 Å². The van der Waals surface area contributed by atoms with E-state index < -0.39 is 0 Å². The fraction of sp³-hybridized carbons (Fsp3) is 0.154. The lowest BCUT2D eigenvalue weighted by Crippen LogP contribution is -1.91. The smallest absolute Gasteiger partial charge is 0.179 e. The fourth-order valence-corrected chi connectivity index (χ4v) is 1.86. The first-order valence-corrected chi connectivity index (χ1v) is 5.77. The van der Waals surface area contributed by atoms with Gasteiger partial charge in [0.2, 0.25) is 0 Å². The van der Waals surface area contributed by atoms with E-state index in [1.165, 1.54) is 5.56 Å². The first kappa shape index (κ1) is 10.7. The summed E-state index contributed by atoms with van der Waals surface area (Å²) in [5.74, 6) is 1.74. The topological polar surface area (TPSA) is 66.5 Å². The van der Waals surface area contributed by atoms with Crippen LogP contribution in [0.2, 0.25) is 0 Å². The molecule has 5 nitrogen and oxygen atoms in total. The van der Waals surface area contributed by atoms with E-state index in [1.807, 2.05) is 31.3 Å². The summed E-state index contributed by atoms with van der Waals surface area (Å²) >= 11 is 0. The number of anilines is 1. The summed E-state index contributed by atoms with van der Waals surface area (Å²) in [5, 5.41) is 3.00. The number of H-pyrrole nitrogens is 1.